The van der Waals surface area contributed by atoms with Gasteiger partial charge in [-0.1, -0.05) is 373 Å². The van der Waals surface area contributed by atoms with E-state index in [1.54, 1.807) is 0 Å². The summed E-state index contributed by atoms with van der Waals surface area (Å²) in [6, 6.07) is -0.540. The van der Waals surface area contributed by atoms with Crippen LogP contribution < -0.4 is 5.32 Å². The molecule has 0 saturated heterocycles. The van der Waals surface area contributed by atoms with Gasteiger partial charge in [0.25, 0.3) is 0 Å². The van der Waals surface area contributed by atoms with Crippen molar-refractivity contribution in [2.75, 3.05) is 13.2 Å². The normalized spacial score (nSPS) is 12.5. The Hall–Kier alpha value is -1.40. The number of aliphatic hydroxyl groups excluding tert-OH is 2. The van der Waals surface area contributed by atoms with E-state index < -0.39 is 12.1 Å². The van der Waals surface area contributed by atoms with Crippen LogP contribution in [0.3, 0.4) is 0 Å². The molecule has 0 bridgehead atoms. The fourth-order valence-electron chi connectivity index (χ4n) is 11.9. The number of rotatable bonds is 70. The summed E-state index contributed by atoms with van der Waals surface area (Å²) < 4.78 is 5.49. The van der Waals surface area contributed by atoms with Crippen LogP contribution >= 0.6 is 0 Å². The Morgan fingerprint density at radius 3 is 0.887 bits per heavy atom. The number of unbranched alkanes of at least 4 members (excludes halogenated alkanes) is 57. The van der Waals surface area contributed by atoms with E-state index >= 15 is 0 Å². The molecule has 0 heterocycles. The average molecular weight is 1130 g/mol. The van der Waals surface area contributed by atoms with Crippen LogP contribution in [0.15, 0.2) is 12.2 Å². The van der Waals surface area contributed by atoms with E-state index in [9.17, 15) is 19.8 Å². The van der Waals surface area contributed by atoms with Gasteiger partial charge in [0.15, 0.2) is 0 Å². The van der Waals surface area contributed by atoms with E-state index in [1.807, 2.05) is 0 Å². The summed E-state index contributed by atoms with van der Waals surface area (Å²) in [5.74, 6) is -0.00780. The van der Waals surface area contributed by atoms with Crippen LogP contribution in [0.5, 0.6) is 0 Å². The van der Waals surface area contributed by atoms with Gasteiger partial charge in [-0.2, -0.15) is 0 Å². The van der Waals surface area contributed by atoms with Crippen LogP contribution in [-0.4, -0.2) is 47.4 Å². The summed E-state index contributed by atoms with van der Waals surface area (Å²) in [5, 5.41) is 23.4. The van der Waals surface area contributed by atoms with Crippen LogP contribution in [0, 0.1) is 0 Å². The standard InChI is InChI=1S/C74H145NO5/c1-3-5-7-9-11-13-15-17-18-19-33-36-39-43-46-50-54-58-62-66-72(77)71(70-76)75-73(78)67-63-59-55-51-47-44-40-37-34-31-29-27-25-23-21-20-22-24-26-28-30-32-35-38-41-45-49-53-57-61-65-69-80-74(79)68-64-60-56-52-48-42-16-14-12-10-8-6-4-2/h22,24,71-72,76-77H,3-21,23,25-70H2,1-2H3,(H,75,78)/b24-22-. The summed E-state index contributed by atoms with van der Waals surface area (Å²) in [4.78, 5) is 24.6. The predicted molar refractivity (Wildman–Crippen MR) is 352 cm³/mol. The van der Waals surface area contributed by atoms with E-state index in [4.69, 9.17) is 4.74 Å². The molecule has 0 aromatic rings. The van der Waals surface area contributed by atoms with Crippen LogP contribution in [0.4, 0.5) is 0 Å². The van der Waals surface area contributed by atoms with Crippen molar-refractivity contribution in [1.82, 2.24) is 5.32 Å². The van der Waals surface area contributed by atoms with Crippen molar-refractivity contribution in [2.45, 2.75) is 437 Å². The number of carbonyl (C=O) groups is 2. The molecule has 80 heavy (non-hydrogen) atoms. The molecule has 6 heteroatoms. The topological polar surface area (TPSA) is 95.9 Å². The van der Waals surface area contributed by atoms with Gasteiger partial charge in [-0.15, -0.1) is 0 Å². The van der Waals surface area contributed by atoms with Gasteiger partial charge in [-0.05, 0) is 51.4 Å². The molecular formula is C74H145NO5. The molecule has 476 valence electrons. The van der Waals surface area contributed by atoms with Crippen molar-refractivity contribution in [3.8, 4) is 0 Å². The molecule has 0 aliphatic rings. The number of carbonyl (C=O) groups excluding carboxylic acids is 2. The monoisotopic (exact) mass is 1130 g/mol. The Kier molecular flexibility index (Phi) is 68.9. The first-order chi connectivity index (χ1) is 39.5. The fraction of sp³-hybridized carbons (Fsp3) is 0.946. The molecule has 0 rings (SSSR count). The number of allylic oxidation sites excluding steroid dienone is 2. The van der Waals surface area contributed by atoms with Gasteiger partial charge in [0.05, 0.1) is 25.4 Å². The maximum Gasteiger partial charge on any atom is 0.305 e. The van der Waals surface area contributed by atoms with Gasteiger partial charge in [0.2, 0.25) is 5.91 Å². The molecule has 0 fully saturated rings. The van der Waals surface area contributed by atoms with E-state index in [2.05, 4.69) is 31.3 Å². The number of aliphatic hydroxyl groups is 2. The lowest BCUT2D eigenvalue weighted by atomic mass is 10.0. The van der Waals surface area contributed by atoms with Gasteiger partial charge < -0.3 is 20.3 Å². The molecule has 6 nitrogen and oxygen atoms in total. The largest absolute Gasteiger partial charge is 0.466 e. The van der Waals surface area contributed by atoms with Crippen molar-refractivity contribution >= 4 is 11.9 Å². The molecule has 3 N–H and O–H groups in total. The molecule has 0 radical (unpaired) electrons. The van der Waals surface area contributed by atoms with E-state index in [1.165, 1.54) is 353 Å². The van der Waals surface area contributed by atoms with Gasteiger partial charge >= 0.3 is 5.97 Å². The average Bonchev–Trinajstić information content (AvgIpc) is 3.46. The van der Waals surface area contributed by atoms with Crippen molar-refractivity contribution in [1.29, 1.82) is 0 Å². The smallest absolute Gasteiger partial charge is 0.305 e. The molecule has 0 saturated carbocycles. The highest BCUT2D eigenvalue weighted by Gasteiger charge is 2.20. The second-order valence-corrected chi connectivity index (χ2v) is 25.6. The van der Waals surface area contributed by atoms with Crippen LogP contribution in [0.1, 0.15) is 425 Å². The zero-order valence-corrected chi connectivity index (χ0v) is 54.6. The second kappa shape index (κ2) is 70.1. The number of hydrogen-bond donors (Lipinski definition) is 3. The number of nitrogens with one attached hydrogen (secondary N) is 1. The summed E-state index contributed by atoms with van der Waals surface area (Å²) in [5.41, 5.74) is 0. The lowest BCUT2D eigenvalue weighted by molar-refractivity contribution is -0.143. The quantitative estimate of drug-likeness (QED) is 0.0320. The summed E-state index contributed by atoms with van der Waals surface area (Å²) >= 11 is 0. The van der Waals surface area contributed by atoms with Crippen LogP contribution in [0.2, 0.25) is 0 Å². The molecule has 0 spiro atoms. The number of esters is 1. The molecule has 2 atom stereocenters. The minimum absolute atomic E-state index is 0.0203. The SMILES string of the molecule is CCCCCCCCCCCCCCCCCCCCCC(O)C(CO)NC(=O)CCCCCCCCCCCCCCCCC/C=C\CCCCCCCCCCCCCCOC(=O)CCCCCCCCCCCCCCC. The van der Waals surface area contributed by atoms with E-state index in [0.29, 0.717) is 25.9 Å². The maximum absolute atomic E-state index is 12.5. The third kappa shape index (κ3) is 65.7. The van der Waals surface area contributed by atoms with E-state index in [-0.39, 0.29) is 18.5 Å². The molecule has 1 amide bonds. The highest BCUT2D eigenvalue weighted by molar-refractivity contribution is 5.76. The van der Waals surface area contributed by atoms with Crippen molar-refractivity contribution < 1.29 is 24.5 Å². The Labute approximate surface area is 501 Å². The van der Waals surface area contributed by atoms with Crippen molar-refractivity contribution in [2.24, 2.45) is 0 Å². The third-order valence-electron chi connectivity index (χ3n) is 17.6. The lowest BCUT2D eigenvalue weighted by Crippen LogP contribution is -2.45. The van der Waals surface area contributed by atoms with Gasteiger partial charge in [-0.3, -0.25) is 9.59 Å². The van der Waals surface area contributed by atoms with Crippen molar-refractivity contribution in [3.05, 3.63) is 12.2 Å². The molecule has 0 aliphatic carbocycles. The Morgan fingerprint density at radius 2 is 0.588 bits per heavy atom. The Morgan fingerprint density at radius 1 is 0.338 bits per heavy atom. The third-order valence-corrected chi connectivity index (χ3v) is 17.6. The Balaban J connectivity index is 3.35. The minimum Gasteiger partial charge on any atom is -0.466 e. The molecular weight excluding hydrogens is 983 g/mol. The predicted octanol–water partition coefficient (Wildman–Crippen LogP) is 23.9. The maximum atomic E-state index is 12.5. The first-order valence-electron chi connectivity index (χ1n) is 36.9. The molecule has 0 aromatic carbocycles. The second-order valence-electron chi connectivity index (χ2n) is 25.6. The van der Waals surface area contributed by atoms with Crippen LogP contribution in [-0.2, 0) is 14.3 Å². The zero-order chi connectivity index (χ0) is 57.8. The zero-order valence-electron chi connectivity index (χ0n) is 54.6. The highest BCUT2D eigenvalue weighted by atomic mass is 16.5. The van der Waals surface area contributed by atoms with Gasteiger partial charge in [0.1, 0.15) is 0 Å². The lowest BCUT2D eigenvalue weighted by Gasteiger charge is -2.22. The number of ether oxygens (including phenoxy) is 1. The minimum atomic E-state index is -0.663. The van der Waals surface area contributed by atoms with Gasteiger partial charge in [0, 0.05) is 12.8 Å². The summed E-state index contributed by atoms with van der Waals surface area (Å²) in [6.45, 7) is 5.00. The summed E-state index contributed by atoms with van der Waals surface area (Å²) in [7, 11) is 0. The number of hydrogen-bond acceptors (Lipinski definition) is 5. The Bertz CT molecular complexity index is 1210. The highest BCUT2D eigenvalue weighted by Crippen LogP contribution is 2.19. The van der Waals surface area contributed by atoms with E-state index in [0.717, 1.165) is 38.5 Å². The van der Waals surface area contributed by atoms with Crippen LogP contribution in [0.25, 0.3) is 0 Å². The number of amides is 1. The van der Waals surface area contributed by atoms with Crippen molar-refractivity contribution in [3.63, 3.8) is 0 Å². The molecule has 2 unspecified atom stereocenters. The van der Waals surface area contributed by atoms with Gasteiger partial charge in [-0.25, -0.2) is 0 Å². The fourth-order valence-corrected chi connectivity index (χ4v) is 11.9. The first kappa shape index (κ1) is 78.6. The molecule has 0 aromatic heterocycles. The first-order valence-corrected chi connectivity index (χ1v) is 36.9. The molecule has 0 aliphatic heterocycles. The summed E-state index contributed by atoms with van der Waals surface area (Å²) in [6.07, 6.45) is 87.1.